The quantitative estimate of drug-likeness (QED) is 0.484. The summed E-state index contributed by atoms with van der Waals surface area (Å²) in [5.41, 5.74) is 2.90. The predicted octanol–water partition coefficient (Wildman–Crippen LogP) is 6.29. The third kappa shape index (κ3) is 5.24. The van der Waals surface area contributed by atoms with E-state index in [2.05, 4.69) is 59.5 Å². The molecule has 1 aliphatic rings. The zero-order valence-corrected chi connectivity index (χ0v) is 16.5. The fourth-order valence-corrected chi connectivity index (χ4v) is 4.07. The lowest BCUT2D eigenvalue weighted by atomic mass is 9.89. The van der Waals surface area contributed by atoms with Gasteiger partial charge in [0.25, 0.3) is 0 Å². The summed E-state index contributed by atoms with van der Waals surface area (Å²) in [6.07, 6.45) is 4.94. The maximum absolute atomic E-state index is 5.91. The average molecular weight is 372 g/mol. The fourth-order valence-electron chi connectivity index (χ4n) is 4.07. The second-order valence-electron chi connectivity index (χ2n) is 7.69. The normalized spacial score (nSPS) is 15.4. The summed E-state index contributed by atoms with van der Waals surface area (Å²) >= 11 is 0. The Morgan fingerprint density at radius 3 is 2.00 bits per heavy atom. The molecule has 3 aromatic rings. The van der Waals surface area contributed by atoms with Gasteiger partial charge in [-0.25, -0.2) is 0 Å². The van der Waals surface area contributed by atoms with E-state index in [1.54, 1.807) is 0 Å². The summed E-state index contributed by atoms with van der Waals surface area (Å²) in [5.74, 6) is 2.48. The predicted molar refractivity (Wildman–Crippen MR) is 116 cm³/mol. The number of para-hydroxylation sites is 1. The Labute approximate surface area is 168 Å². The van der Waals surface area contributed by atoms with Gasteiger partial charge in [0.15, 0.2) is 0 Å². The Kier molecular flexibility index (Phi) is 6.41. The van der Waals surface area contributed by atoms with Crippen molar-refractivity contribution in [3.63, 3.8) is 0 Å². The third-order valence-electron chi connectivity index (χ3n) is 5.70. The first kappa shape index (κ1) is 18.8. The molecule has 0 saturated carbocycles. The van der Waals surface area contributed by atoms with Crippen LogP contribution < -0.4 is 4.74 Å². The lowest BCUT2D eigenvalue weighted by molar-refractivity contribution is 0.210. The Hall–Kier alpha value is -2.58. The first-order valence-electron chi connectivity index (χ1n) is 10.5. The Balaban J connectivity index is 1.22. The van der Waals surface area contributed by atoms with Crippen LogP contribution in [0.15, 0.2) is 84.9 Å². The maximum atomic E-state index is 5.91. The van der Waals surface area contributed by atoms with E-state index in [0.29, 0.717) is 5.92 Å². The molecule has 0 radical (unpaired) electrons. The molecule has 2 heteroatoms. The highest BCUT2D eigenvalue weighted by Crippen LogP contribution is 2.30. The molecule has 144 valence electrons. The number of likely N-dealkylation sites (tertiary alicyclic amines) is 1. The number of piperidine rings is 1. The van der Waals surface area contributed by atoms with Crippen LogP contribution in [0.5, 0.6) is 11.5 Å². The molecule has 1 saturated heterocycles. The maximum Gasteiger partial charge on any atom is 0.127 e. The molecule has 4 rings (SSSR count). The SMILES string of the molecule is c1ccc(CCCN2CCC(c3ccc(Oc4ccccc4)cc3)CC2)cc1. The van der Waals surface area contributed by atoms with Gasteiger partial charge in [0.1, 0.15) is 11.5 Å². The highest BCUT2D eigenvalue weighted by Gasteiger charge is 2.20. The summed E-state index contributed by atoms with van der Waals surface area (Å²) < 4.78 is 5.91. The highest BCUT2D eigenvalue weighted by molar-refractivity contribution is 5.34. The second-order valence-corrected chi connectivity index (χ2v) is 7.69. The molecule has 1 heterocycles. The van der Waals surface area contributed by atoms with Gasteiger partial charge in [-0.15, -0.1) is 0 Å². The van der Waals surface area contributed by atoms with Gasteiger partial charge in [0, 0.05) is 0 Å². The van der Waals surface area contributed by atoms with Crippen molar-refractivity contribution < 1.29 is 4.74 Å². The molecule has 0 unspecified atom stereocenters. The number of ether oxygens (including phenoxy) is 1. The van der Waals surface area contributed by atoms with Crippen LogP contribution in [0.3, 0.4) is 0 Å². The smallest absolute Gasteiger partial charge is 0.127 e. The number of aryl methyl sites for hydroxylation is 1. The van der Waals surface area contributed by atoms with Crippen LogP contribution in [0.25, 0.3) is 0 Å². The minimum atomic E-state index is 0.677. The van der Waals surface area contributed by atoms with Crippen molar-refractivity contribution in [2.45, 2.75) is 31.6 Å². The van der Waals surface area contributed by atoms with E-state index in [1.807, 2.05) is 30.3 Å². The Morgan fingerprint density at radius 2 is 1.32 bits per heavy atom. The number of rotatable bonds is 7. The van der Waals surface area contributed by atoms with Gasteiger partial charge in [-0.2, -0.15) is 0 Å². The van der Waals surface area contributed by atoms with Crippen LogP contribution in [-0.4, -0.2) is 24.5 Å². The summed E-state index contributed by atoms with van der Waals surface area (Å²) in [6, 6.07) is 29.5. The molecule has 0 atom stereocenters. The number of hydrogen-bond donors (Lipinski definition) is 0. The van der Waals surface area contributed by atoms with Gasteiger partial charge in [-0.05, 0) is 86.6 Å². The van der Waals surface area contributed by atoms with E-state index in [-0.39, 0.29) is 0 Å². The summed E-state index contributed by atoms with van der Waals surface area (Å²) in [5, 5.41) is 0. The summed E-state index contributed by atoms with van der Waals surface area (Å²) in [4.78, 5) is 2.63. The van der Waals surface area contributed by atoms with Crippen molar-refractivity contribution in [3.8, 4) is 11.5 Å². The number of benzene rings is 3. The van der Waals surface area contributed by atoms with E-state index in [0.717, 1.165) is 11.5 Å². The topological polar surface area (TPSA) is 12.5 Å². The van der Waals surface area contributed by atoms with E-state index in [4.69, 9.17) is 4.74 Å². The van der Waals surface area contributed by atoms with E-state index in [9.17, 15) is 0 Å². The first-order chi connectivity index (χ1) is 13.9. The monoisotopic (exact) mass is 371 g/mol. The van der Waals surface area contributed by atoms with E-state index >= 15 is 0 Å². The molecule has 0 N–H and O–H groups in total. The zero-order chi connectivity index (χ0) is 19.0. The molecular weight excluding hydrogens is 342 g/mol. The number of hydrogen-bond acceptors (Lipinski definition) is 2. The van der Waals surface area contributed by atoms with Crippen molar-refractivity contribution in [1.82, 2.24) is 4.90 Å². The Bertz CT molecular complexity index is 821. The number of nitrogens with zero attached hydrogens (tertiary/aromatic N) is 1. The molecule has 0 amide bonds. The lowest BCUT2D eigenvalue weighted by Gasteiger charge is -2.32. The molecule has 2 nitrogen and oxygen atoms in total. The first-order valence-corrected chi connectivity index (χ1v) is 10.5. The third-order valence-corrected chi connectivity index (χ3v) is 5.70. The molecule has 1 aliphatic heterocycles. The van der Waals surface area contributed by atoms with Gasteiger partial charge in [-0.3, -0.25) is 0 Å². The van der Waals surface area contributed by atoms with E-state index < -0.39 is 0 Å². The van der Waals surface area contributed by atoms with Crippen LogP contribution in [0.4, 0.5) is 0 Å². The molecule has 0 aliphatic carbocycles. The van der Waals surface area contributed by atoms with Crippen molar-refractivity contribution in [2.24, 2.45) is 0 Å². The molecule has 28 heavy (non-hydrogen) atoms. The second kappa shape index (κ2) is 9.57. The largest absolute Gasteiger partial charge is 0.457 e. The molecule has 1 fully saturated rings. The minimum Gasteiger partial charge on any atom is -0.457 e. The molecule has 0 aromatic heterocycles. The molecule has 0 bridgehead atoms. The summed E-state index contributed by atoms with van der Waals surface area (Å²) in [6.45, 7) is 3.63. The zero-order valence-electron chi connectivity index (χ0n) is 16.5. The Morgan fingerprint density at radius 1 is 0.714 bits per heavy atom. The van der Waals surface area contributed by atoms with Crippen molar-refractivity contribution in [1.29, 1.82) is 0 Å². The molecular formula is C26H29NO. The fraction of sp³-hybridized carbons (Fsp3) is 0.308. The summed E-state index contributed by atoms with van der Waals surface area (Å²) in [7, 11) is 0. The van der Waals surface area contributed by atoms with Crippen LogP contribution in [0, 0.1) is 0 Å². The highest BCUT2D eigenvalue weighted by atomic mass is 16.5. The molecule has 0 spiro atoms. The van der Waals surface area contributed by atoms with Gasteiger partial charge in [0.2, 0.25) is 0 Å². The van der Waals surface area contributed by atoms with Gasteiger partial charge < -0.3 is 9.64 Å². The van der Waals surface area contributed by atoms with Crippen LogP contribution in [0.1, 0.15) is 36.3 Å². The van der Waals surface area contributed by atoms with Crippen molar-refractivity contribution in [2.75, 3.05) is 19.6 Å². The van der Waals surface area contributed by atoms with Crippen molar-refractivity contribution >= 4 is 0 Å². The average Bonchev–Trinajstić information content (AvgIpc) is 2.76. The van der Waals surface area contributed by atoms with Crippen LogP contribution >= 0.6 is 0 Å². The lowest BCUT2D eigenvalue weighted by Crippen LogP contribution is -2.33. The van der Waals surface area contributed by atoms with E-state index in [1.165, 1.54) is 56.4 Å². The standard InChI is InChI=1S/C26H29NO/c1-3-8-22(9-4-1)10-7-19-27-20-17-24(18-21-27)23-13-15-26(16-14-23)28-25-11-5-2-6-12-25/h1-6,8-9,11-16,24H,7,10,17-21H2. The van der Waals surface area contributed by atoms with Gasteiger partial charge >= 0.3 is 0 Å². The van der Waals surface area contributed by atoms with Gasteiger partial charge in [-0.1, -0.05) is 60.7 Å². The van der Waals surface area contributed by atoms with Crippen LogP contribution in [-0.2, 0) is 6.42 Å². The minimum absolute atomic E-state index is 0.677. The van der Waals surface area contributed by atoms with Gasteiger partial charge in [0.05, 0.1) is 0 Å². The van der Waals surface area contributed by atoms with Crippen molar-refractivity contribution in [3.05, 3.63) is 96.1 Å². The molecule has 3 aromatic carbocycles. The van der Waals surface area contributed by atoms with Crippen LogP contribution in [0.2, 0.25) is 0 Å².